The molecule has 1 aromatic rings. The summed E-state index contributed by atoms with van der Waals surface area (Å²) in [7, 11) is 0. The van der Waals surface area contributed by atoms with Crippen LogP contribution < -0.4 is 11.4 Å². The molecule has 0 aromatic carbocycles. The highest BCUT2D eigenvalue weighted by molar-refractivity contribution is 5.71. The highest BCUT2D eigenvalue weighted by Crippen LogP contribution is 2.42. The maximum atomic E-state index is 12.6. The molecule has 4 atom stereocenters. The molecular weight excluding hydrogens is 464 g/mol. The summed E-state index contributed by atoms with van der Waals surface area (Å²) in [5, 5.41) is 3.66. The molecule has 0 unspecified atom stereocenters. The van der Waals surface area contributed by atoms with E-state index in [1.165, 1.54) is 12.3 Å². The van der Waals surface area contributed by atoms with E-state index in [2.05, 4.69) is 15.0 Å². The summed E-state index contributed by atoms with van der Waals surface area (Å²) in [5.74, 6) is -2.04. The van der Waals surface area contributed by atoms with E-state index in [0.29, 0.717) is 19.3 Å². The number of anilines is 1. The smallest absolute Gasteiger partial charge is 0.351 e. The number of nitrogen functional groups attached to an aromatic ring is 1. The van der Waals surface area contributed by atoms with Crippen LogP contribution in [0.25, 0.3) is 10.4 Å². The first-order valence-electron chi connectivity index (χ1n) is 11.3. The summed E-state index contributed by atoms with van der Waals surface area (Å²) >= 11 is 0. The molecule has 0 bridgehead atoms. The summed E-state index contributed by atoms with van der Waals surface area (Å²) in [5.41, 5.74) is 11.9. The summed E-state index contributed by atoms with van der Waals surface area (Å²) < 4.78 is 23.3. The first-order chi connectivity index (χ1) is 16.7. The van der Waals surface area contributed by atoms with Gasteiger partial charge in [-0.3, -0.25) is 19.0 Å². The minimum atomic E-state index is -2.13. The van der Waals surface area contributed by atoms with Gasteiger partial charge in [-0.15, -0.1) is 0 Å². The van der Waals surface area contributed by atoms with Crippen LogP contribution >= 0.6 is 0 Å². The van der Waals surface area contributed by atoms with Crippen LogP contribution in [0.3, 0.4) is 0 Å². The van der Waals surface area contributed by atoms with E-state index in [9.17, 15) is 24.7 Å². The zero-order valence-electron chi connectivity index (χ0n) is 19.9. The second-order valence-electron chi connectivity index (χ2n) is 7.86. The van der Waals surface area contributed by atoms with Crippen molar-refractivity contribution in [2.45, 2.75) is 83.5 Å². The van der Waals surface area contributed by atoms with Crippen LogP contribution in [-0.4, -0.2) is 52.0 Å². The van der Waals surface area contributed by atoms with Crippen LogP contribution in [0.2, 0.25) is 0 Å². The van der Waals surface area contributed by atoms with Crippen molar-refractivity contribution in [1.29, 1.82) is 0 Å². The van der Waals surface area contributed by atoms with Gasteiger partial charge in [0.1, 0.15) is 12.4 Å². The molecule has 1 aliphatic rings. The average Bonchev–Trinajstić information content (AvgIpc) is 3.06. The summed E-state index contributed by atoms with van der Waals surface area (Å²) in [6, 6.07) is 1.31. The predicted molar refractivity (Wildman–Crippen MR) is 120 cm³/mol. The van der Waals surface area contributed by atoms with E-state index in [1.54, 1.807) is 20.8 Å². The third-order valence-corrected chi connectivity index (χ3v) is 5.02. The molecule has 0 radical (unpaired) electrons. The topological polar surface area (TPSA) is 198 Å². The van der Waals surface area contributed by atoms with E-state index in [-0.39, 0.29) is 25.1 Å². The number of rotatable bonds is 12. The number of azide groups is 1. The molecule has 0 amide bonds. The van der Waals surface area contributed by atoms with E-state index in [4.69, 9.17) is 24.7 Å². The summed E-state index contributed by atoms with van der Waals surface area (Å²) in [4.78, 5) is 56.0. The summed E-state index contributed by atoms with van der Waals surface area (Å²) in [6.07, 6.45) is -1.68. The molecule has 192 valence electrons. The normalized spacial score (nSPS) is 23.2. The molecule has 35 heavy (non-hydrogen) atoms. The lowest BCUT2D eigenvalue weighted by atomic mass is 10.0. The van der Waals surface area contributed by atoms with Crippen molar-refractivity contribution in [3.05, 3.63) is 33.2 Å². The number of carbonyl (C=O) groups is 3. The fourth-order valence-corrected chi connectivity index (χ4v) is 3.44. The maximum Gasteiger partial charge on any atom is 0.351 e. The number of hydrogen-bond donors (Lipinski definition) is 1. The van der Waals surface area contributed by atoms with Crippen molar-refractivity contribution < 1.29 is 33.3 Å². The molecular formula is C21H30N6O8. The van der Waals surface area contributed by atoms with Crippen LogP contribution in [0.4, 0.5) is 5.82 Å². The van der Waals surface area contributed by atoms with Gasteiger partial charge < -0.3 is 24.7 Å². The first-order valence-corrected chi connectivity index (χ1v) is 11.3. The molecule has 2 heterocycles. The minimum Gasteiger partial charge on any atom is -0.462 e. The van der Waals surface area contributed by atoms with Gasteiger partial charge >= 0.3 is 23.6 Å². The second-order valence-corrected chi connectivity index (χ2v) is 7.86. The number of hydrogen-bond acceptors (Lipinski definition) is 11. The van der Waals surface area contributed by atoms with Crippen LogP contribution in [0.5, 0.6) is 0 Å². The van der Waals surface area contributed by atoms with Gasteiger partial charge in [-0.1, -0.05) is 25.9 Å². The third-order valence-electron chi connectivity index (χ3n) is 5.02. The minimum absolute atomic E-state index is 0.00212. The van der Waals surface area contributed by atoms with Crippen LogP contribution in [0, 0.1) is 0 Å². The third kappa shape index (κ3) is 6.93. The van der Waals surface area contributed by atoms with E-state index in [1.807, 2.05) is 0 Å². The van der Waals surface area contributed by atoms with Crippen LogP contribution in [0.15, 0.2) is 22.2 Å². The van der Waals surface area contributed by atoms with Gasteiger partial charge in [0.05, 0.1) is 0 Å². The van der Waals surface area contributed by atoms with Gasteiger partial charge in [0, 0.05) is 30.4 Å². The Kier molecular flexibility index (Phi) is 10.0. The maximum absolute atomic E-state index is 12.6. The molecule has 2 rings (SSSR count). The molecule has 0 aliphatic carbocycles. The van der Waals surface area contributed by atoms with Gasteiger partial charge in [-0.25, -0.2) is 4.79 Å². The fourth-order valence-electron chi connectivity index (χ4n) is 3.44. The Morgan fingerprint density at radius 2 is 1.74 bits per heavy atom. The second kappa shape index (κ2) is 12.7. The lowest BCUT2D eigenvalue weighted by Gasteiger charge is -2.29. The number of esters is 3. The van der Waals surface area contributed by atoms with Gasteiger partial charge in [-0.05, 0) is 30.9 Å². The zero-order chi connectivity index (χ0) is 26.0. The number of carbonyl (C=O) groups excluding carboxylic acids is 3. The number of aromatic nitrogens is 2. The van der Waals surface area contributed by atoms with Gasteiger partial charge in [-0.2, -0.15) is 4.98 Å². The molecule has 1 fully saturated rings. The van der Waals surface area contributed by atoms with E-state index >= 15 is 0 Å². The van der Waals surface area contributed by atoms with Crippen molar-refractivity contribution >= 4 is 23.7 Å². The standard InChI is InChI=1S/C21H30N6O8/c1-4-7-14(28)32-12-21(25-26-23)18(34-16(30)9-6-3)17(33-15(29)8-5-2)19(35-21)27-11-10-13(22)24-20(27)31/h10-11,17-19H,4-9,12H2,1-3H3,(H2,22,24,31)/t17-,18-,19+,21+/m0/s1. The van der Waals surface area contributed by atoms with Crippen molar-refractivity contribution in [3.8, 4) is 0 Å². The fraction of sp³-hybridized carbons (Fsp3) is 0.667. The Hall–Kier alpha value is -3.64. The number of nitrogens with zero attached hydrogens (tertiary/aromatic N) is 5. The molecule has 0 spiro atoms. The molecule has 1 saturated heterocycles. The lowest BCUT2D eigenvalue weighted by Crippen LogP contribution is -2.49. The van der Waals surface area contributed by atoms with E-state index in [0.717, 1.165) is 4.57 Å². The quantitative estimate of drug-likeness (QED) is 0.148. The van der Waals surface area contributed by atoms with Gasteiger partial charge in [0.25, 0.3) is 0 Å². The predicted octanol–water partition coefficient (Wildman–Crippen LogP) is 2.13. The van der Waals surface area contributed by atoms with Gasteiger partial charge in [0.15, 0.2) is 18.4 Å². The molecule has 14 heteroatoms. The monoisotopic (exact) mass is 494 g/mol. The molecule has 1 aromatic heterocycles. The highest BCUT2D eigenvalue weighted by atomic mass is 16.7. The Morgan fingerprint density at radius 1 is 1.14 bits per heavy atom. The highest BCUT2D eigenvalue weighted by Gasteiger charge is 2.61. The SMILES string of the molecule is CCCC(=O)OC[C@@]1(N=[N+]=[N-])O[C@@H](n2ccc(N)nc2=O)[C@@H](OC(=O)CCC)[C@@H]1OC(=O)CCC. The van der Waals surface area contributed by atoms with Gasteiger partial charge in [0.2, 0.25) is 5.72 Å². The van der Waals surface area contributed by atoms with Crippen molar-refractivity contribution in [3.63, 3.8) is 0 Å². The van der Waals surface area contributed by atoms with Crippen molar-refractivity contribution in [1.82, 2.24) is 9.55 Å². The Morgan fingerprint density at radius 3 is 2.31 bits per heavy atom. The Bertz CT molecular complexity index is 1020. The number of ether oxygens (including phenoxy) is 4. The largest absolute Gasteiger partial charge is 0.462 e. The number of nitrogens with two attached hydrogens (primary N) is 1. The molecule has 14 nitrogen and oxygen atoms in total. The lowest BCUT2D eigenvalue weighted by molar-refractivity contribution is -0.179. The van der Waals surface area contributed by atoms with Crippen molar-refractivity contribution in [2.75, 3.05) is 12.3 Å². The van der Waals surface area contributed by atoms with Crippen molar-refractivity contribution in [2.24, 2.45) is 5.11 Å². The summed E-state index contributed by atoms with van der Waals surface area (Å²) in [6.45, 7) is 4.62. The zero-order valence-corrected chi connectivity index (χ0v) is 19.9. The first kappa shape index (κ1) is 27.6. The molecule has 0 saturated carbocycles. The molecule has 2 N–H and O–H groups in total. The Balaban J connectivity index is 2.62. The van der Waals surface area contributed by atoms with Crippen LogP contribution in [-0.2, 0) is 33.3 Å². The average molecular weight is 495 g/mol. The molecule has 1 aliphatic heterocycles. The van der Waals surface area contributed by atoms with E-state index < -0.39 is 54.4 Å². The Labute approximate surface area is 201 Å². The van der Waals surface area contributed by atoms with Crippen LogP contribution in [0.1, 0.15) is 65.5 Å².